The van der Waals surface area contributed by atoms with Crippen molar-refractivity contribution in [1.82, 2.24) is 14.9 Å². The molecule has 5 fully saturated rings. The van der Waals surface area contributed by atoms with E-state index in [4.69, 9.17) is 0 Å². The first kappa shape index (κ1) is 21.6. The largest absolute Gasteiger partial charge is 0.351 e. The molecule has 1 aromatic carbocycles. The van der Waals surface area contributed by atoms with Crippen LogP contribution in [0.15, 0.2) is 41.8 Å². The summed E-state index contributed by atoms with van der Waals surface area (Å²) in [5.41, 5.74) is 0.747. The molecule has 0 unspecified atom stereocenters. The average molecular weight is 458 g/mol. The van der Waals surface area contributed by atoms with Gasteiger partial charge in [-0.1, -0.05) is 6.58 Å². The zero-order valence-electron chi connectivity index (χ0n) is 18.3. The Hall–Kier alpha value is -2.19. The first-order valence-corrected chi connectivity index (χ1v) is 13.0. The molecule has 0 radical (unpaired) electrons. The Labute approximate surface area is 189 Å². The highest BCUT2D eigenvalue weighted by molar-refractivity contribution is 7.89. The SMILES string of the molecule is C=CC(=O)NC1CN(S(=O)(=O)c2ccc(C(=O)NCC34CC5CC(CC(C5)C3)C4)cc2)C1. The third-order valence-corrected chi connectivity index (χ3v) is 9.77. The van der Waals surface area contributed by atoms with Crippen molar-refractivity contribution < 1.29 is 18.0 Å². The minimum absolute atomic E-state index is 0.138. The number of nitrogens with zero attached hydrogens (tertiary/aromatic N) is 1. The molecular formula is C24H31N3O4S. The molecule has 32 heavy (non-hydrogen) atoms. The normalized spacial score (nSPS) is 31.7. The van der Waals surface area contributed by atoms with Crippen LogP contribution in [0.3, 0.4) is 0 Å². The van der Waals surface area contributed by atoms with Gasteiger partial charge in [-0.25, -0.2) is 8.42 Å². The number of hydrogen-bond acceptors (Lipinski definition) is 4. The summed E-state index contributed by atoms with van der Waals surface area (Å²) in [4.78, 5) is 24.2. The fourth-order valence-electron chi connectivity index (χ4n) is 6.79. The van der Waals surface area contributed by atoms with Gasteiger partial charge >= 0.3 is 0 Å². The number of carbonyl (C=O) groups excluding carboxylic acids is 2. The summed E-state index contributed by atoms with van der Waals surface area (Å²) in [7, 11) is -3.64. The minimum atomic E-state index is -3.64. The molecular weight excluding hydrogens is 426 g/mol. The number of nitrogens with one attached hydrogen (secondary N) is 2. The second-order valence-electron chi connectivity index (χ2n) is 10.4. The van der Waals surface area contributed by atoms with Gasteiger partial charge in [0.2, 0.25) is 15.9 Å². The Morgan fingerprint density at radius 1 is 1.03 bits per heavy atom. The summed E-state index contributed by atoms with van der Waals surface area (Å²) in [6, 6.07) is 5.94. The zero-order chi connectivity index (χ0) is 22.5. The summed E-state index contributed by atoms with van der Waals surface area (Å²) in [6.45, 7) is 4.58. The minimum Gasteiger partial charge on any atom is -0.351 e. The molecule has 4 saturated carbocycles. The summed E-state index contributed by atoms with van der Waals surface area (Å²) >= 11 is 0. The monoisotopic (exact) mass is 457 g/mol. The van der Waals surface area contributed by atoms with Gasteiger partial charge < -0.3 is 10.6 Å². The summed E-state index contributed by atoms with van der Waals surface area (Å²) < 4.78 is 26.9. The van der Waals surface area contributed by atoms with Crippen molar-refractivity contribution in [3.05, 3.63) is 42.5 Å². The summed E-state index contributed by atoms with van der Waals surface area (Å²) in [5, 5.41) is 5.83. The number of rotatable bonds is 7. The maximum absolute atomic E-state index is 12.8. The van der Waals surface area contributed by atoms with Crippen molar-refractivity contribution in [1.29, 1.82) is 0 Å². The molecule has 172 valence electrons. The molecule has 0 spiro atoms. The zero-order valence-corrected chi connectivity index (χ0v) is 19.1. The lowest BCUT2D eigenvalue weighted by molar-refractivity contribution is -0.117. The van der Waals surface area contributed by atoms with Crippen LogP contribution in [0.1, 0.15) is 48.9 Å². The van der Waals surface area contributed by atoms with E-state index in [2.05, 4.69) is 17.2 Å². The van der Waals surface area contributed by atoms with Crippen molar-refractivity contribution in [2.75, 3.05) is 19.6 Å². The predicted octanol–water partition coefficient (Wildman–Crippen LogP) is 2.31. The number of benzene rings is 1. The predicted molar refractivity (Wildman–Crippen MR) is 120 cm³/mol. The highest BCUT2D eigenvalue weighted by atomic mass is 32.2. The quantitative estimate of drug-likeness (QED) is 0.614. The molecule has 0 atom stereocenters. The molecule has 6 rings (SSSR count). The topological polar surface area (TPSA) is 95.6 Å². The smallest absolute Gasteiger partial charge is 0.251 e. The third kappa shape index (κ3) is 3.99. The van der Waals surface area contributed by atoms with Crippen LogP contribution in [0.4, 0.5) is 0 Å². The van der Waals surface area contributed by atoms with E-state index in [0.29, 0.717) is 5.56 Å². The van der Waals surface area contributed by atoms with Crippen molar-refractivity contribution in [3.63, 3.8) is 0 Å². The highest BCUT2D eigenvalue weighted by Crippen LogP contribution is 2.59. The molecule has 1 saturated heterocycles. The highest BCUT2D eigenvalue weighted by Gasteiger charge is 2.50. The van der Waals surface area contributed by atoms with Crippen LogP contribution in [-0.4, -0.2) is 50.2 Å². The van der Waals surface area contributed by atoms with Gasteiger partial charge in [0.25, 0.3) is 5.91 Å². The maximum atomic E-state index is 12.8. The van der Waals surface area contributed by atoms with E-state index < -0.39 is 10.0 Å². The van der Waals surface area contributed by atoms with Crippen LogP contribution in [-0.2, 0) is 14.8 Å². The Balaban J connectivity index is 1.17. The fraction of sp³-hybridized carbons (Fsp3) is 0.583. The van der Waals surface area contributed by atoms with Crippen molar-refractivity contribution >= 4 is 21.8 Å². The second-order valence-corrected chi connectivity index (χ2v) is 12.3. The second kappa shape index (κ2) is 7.99. The average Bonchev–Trinajstić information content (AvgIpc) is 2.73. The van der Waals surface area contributed by atoms with Gasteiger partial charge in [-0.2, -0.15) is 4.31 Å². The lowest BCUT2D eigenvalue weighted by Gasteiger charge is -2.56. The third-order valence-electron chi connectivity index (χ3n) is 7.92. The van der Waals surface area contributed by atoms with Gasteiger partial charge in [0.05, 0.1) is 10.9 Å². The summed E-state index contributed by atoms with van der Waals surface area (Å²) in [6.07, 6.45) is 9.01. The van der Waals surface area contributed by atoms with E-state index in [1.807, 2.05) is 0 Å². The lowest BCUT2D eigenvalue weighted by Crippen LogP contribution is -2.60. The van der Waals surface area contributed by atoms with Gasteiger partial charge in [0, 0.05) is 25.2 Å². The van der Waals surface area contributed by atoms with Gasteiger partial charge in [0.1, 0.15) is 0 Å². The molecule has 1 aromatic rings. The molecule has 8 heteroatoms. The van der Waals surface area contributed by atoms with Crippen molar-refractivity contribution in [2.45, 2.75) is 49.5 Å². The van der Waals surface area contributed by atoms with E-state index in [0.717, 1.165) is 24.3 Å². The number of hydrogen-bond donors (Lipinski definition) is 2. The van der Waals surface area contributed by atoms with Crippen LogP contribution in [0.25, 0.3) is 0 Å². The van der Waals surface area contributed by atoms with E-state index in [9.17, 15) is 18.0 Å². The molecule has 2 N–H and O–H groups in total. The molecule has 1 heterocycles. The van der Waals surface area contributed by atoms with Crippen LogP contribution < -0.4 is 10.6 Å². The van der Waals surface area contributed by atoms with Gasteiger partial charge in [-0.3, -0.25) is 9.59 Å². The Bertz CT molecular complexity index is 993. The molecule has 4 aliphatic carbocycles. The van der Waals surface area contributed by atoms with Crippen molar-refractivity contribution in [2.24, 2.45) is 23.2 Å². The van der Waals surface area contributed by atoms with Gasteiger partial charge in [-0.05, 0) is 92.0 Å². The first-order valence-electron chi connectivity index (χ1n) is 11.6. The maximum Gasteiger partial charge on any atom is 0.251 e. The van der Waals surface area contributed by atoms with E-state index >= 15 is 0 Å². The molecule has 1 aliphatic heterocycles. The number of carbonyl (C=O) groups is 2. The Kier molecular flexibility index (Phi) is 5.40. The van der Waals surface area contributed by atoms with E-state index in [1.165, 1.54) is 61.0 Å². The van der Waals surface area contributed by atoms with Gasteiger partial charge in [-0.15, -0.1) is 0 Å². The lowest BCUT2D eigenvalue weighted by atomic mass is 9.49. The standard InChI is InChI=1S/C24H31N3O4S/c1-2-22(28)26-20-13-27(14-20)32(30,31)21-5-3-19(4-6-21)23(29)25-15-24-10-16-7-17(11-24)9-18(8-16)12-24/h2-6,16-18,20H,1,7-15H2,(H,25,29)(H,26,28). The Morgan fingerprint density at radius 3 is 2.12 bits per heavy atom. The fourth-order valence-corrected chi connectivity index (χ4v) is 8.32. The molecule has 7 nitrogen and oxygen atoms in total. The van der Waals surface area contributed by atoms with Crippen LogP contribution in [0.2, 0.25) is 0 Å². The first-order chi connectivity index (χ1) is 15.3. The Morgan fingerprint density at radius 2 is 1.59 bits per heavy atom. The van der Waals surface area contributed by atoms with Gasteiger partial charge in [0.15, 0.2) is 0 Å². The van der Waals surface area contributed by atoms with Crippen LogP contribution in [0, 0.1) is 23.2 Å². The molecule has 0 aromatic heterocycles. The van der Waals surface area contributed by atoms with E-state index in [-0.39, 0.29) is 41.3 Å². The number of amides is 2. The molecule has 5 aliphatic rings. The number of sulfonamides is 1. The summed E-state index contributed by atoms with van der Waals surface area (Å²) in [5.74, 6) is 2.08. The van der Waals surface area contributed by atoms with Crippen LogP contribution >= 0.6 is 0 Å². The van der Waals surface area contributed by atoms with Crippen LogP contribution in [0.5, 0.6) is 0 Å². The molecule has 4 bridgehead atoms. The molecule has 2 amide bonds. The van der Waals surface area contributed by atoms with E-state index in [1.54, 1.807) is 12.1 Å². The van der Waals surface area contributed by atoms with Crippen molar-refractivity contribution in [3.8, 4) is 0 Å².